The zero-order valence-electron chi connectivity index (χ0n) is 10.3. The number of aryl methyl sites for hydroxylation is 1. The van der Waals surface area contributed by atoms with Gasteiger partial charge in [-0.3, -0.25) is 0 Å². The van der Waals surface area contributed by atoms with Gasteiger partial charge in [-0.25, -0.2) is 4.39 Å². The second kappa shape index (κ2) is 5.53. The van der Waals surface area contributed by atoms with Crippen LogP contribution in [0.2, 0.25) is 0 Å². The molecule has 0 spiro atoms. The summed E-state index contributed by atoms with van der Waals surface area (Å²) >= 11 is 3.56. The van der Waals surface area contributed by atoms with Crippen LogP contribution in [0.5, 0.6) is 5.75 Å². The number of rotatable bonds is 3. The number of alkyl halides is 1. The smallest absolute Gasteiger partial charge is 0.127 e. The van der Waals surface area contributed by atoms with Crippen LogP contribution in [0.4, 0.5) is 4.39 Å². The van der Waals surface area contributed by atoms with E-state index in [2.05, 4.69) is 15.9 Å². The molecule has 0 aromatic heterocycles. The van der Waals surface area contributed by atoms with Crippen molar-refractivity contribution in [2.45, 2.75) is 11.8 Å². The van der Waals surface area contributed by atoms with E-state index in [1.807, 2.05) is 31.2 Å². The minimum Gasteiger partial charge on any atom is -0.497 e. The van der Waals surface area contributed by atoms with Gasteiger partial charge >= 0.3 is 0 Å². The predicted octanol–water partition coefficient (Wildman–Crippen LogP) is 4.63. The zero-order valence-corrected chi connectivity index (χ0v) is 11.9. The average Bonchev–Trinajstić information content (AvgIpc) is 2.38. The fraction of sp³-hybridized carbons (Fsp3) is 0.200. The molecular formula is C15H14BrFO. The van der Waals surface area contributed by atoms with Crippen molar-refractivity contribution >= 4 is 15.9 Å². The summed E-state index contributed by atoms with van der Waals surface area (Å²) in [6.45, 7) is 1.99. The van der Waals surface area contributed by atoms with Crippen LogP contribution in [-0.2, 0) is 0 Å². The molecule has 0 aliphatic carbocycles. The van der Waals surface area contributed by atoms with Gasteiger partial charge in [0.2, 0.25) is 0 Å². The van der Waals surface area contributed by atoms with Crippen molar-refractivity contribution in [2.75, 3.05) is 7.11 Å². The van der Waals surface area contributed by atoms with Crippen LogP contribution in [0.3, 0.4) is 0 Å². The Kier molecular flexibility index (Phi) is 4.02. The van der Waals surface area contributed by atoms with Gasteiger partial charge in [0.15, 0.2) is 0 Å². The van der Waals surface area contributed by atoms with E-state index in [-0.39, 0.29) is 10.6 Å². The van der Waals surface area contributed by atoms with Gasteiger partial charge in [0.25, 0.3) is 0 Å². The van der Waals surface area contributed by atoms with Gasteiger partial charge in [-0.2, -0.15) is 0 Å². The van der Waals surface area contributed by atoms with Gasteiger partial charge in [-0.1, -0.05) is 40.2 Å². The molecule has 0 heterocycles. The number of methoxy groups -OCH3 is 1. The molecule has 18 heavy (non-hydrogen) atoms. The molecule has 0 amide bonds. The second-order valence-corrected chi connectivity index (χ2v) is 5.02. The Balaban J connectivity index is 2.40. The fourth-order valence-electron chi connectivity index (χ4n) is 1.91. The van der Waals surface area contributed by atoms with Crippen molar-refractivity contribution in [2.24, 2.45) is 0 Å². The van der Waals surface area contributed by atoms with E-state index in [0.717, 1.165) is 16.9 Å². The van der Waals surface area contributed by atoms with Crippen molar-refractivity contribution in [3.63, 3.8) is 0 Å². The first-order valence-corrected chi connectivity index (χ1v) is 6.58. The summed E-state index contributed by atoms with van der Waals surface area (Å²) in [7, 11) is 1.64. The highest BCUT2D eigenvalue weighted by molar-refractivity contribution is 9.09. The maximum atomic E-state index is 13.7. The summed E-state index contributed by atoms with van der Waals surface area (Å²) in [5, 5.41) is 0. The molecule has 1 nitrogen and oxygen atoms in total. The molecule has 2 aromatic carbocycles. The molecule has 1 atom stereocenters. The van der Waals surface area contributed by atoms with Gasteiger partial charge < -0.3 is 4.74 Å². The highest BCUT2D eigenvalue weighted by atomic mass is 79.9. The molecule has 1 unspecified atom stereocenters. The van der Waals surface area contributed by atoms with E-state index in [1.165, 1.54) is 6.07 Å². The van der Waals surface area contributed by atoms with Crippen LogP contribution in [0.25, 0.3) is 0 Å². The van der Waals surface area contributed by atoms with Gasteiger partial charge in [0, 0.05) is 5.56 Å². The highest BCUT2D eigenvalue weighted by Gasteiger charge is 2.16. The van der Waals surface area contributed by atoms with Crippen LogP contribution >= 0.6 is 15.9 Å². The lowest BCUT2D eigenvalue weighted by molar-refractivity contribution is 0.414. The first kappa shape index (κ1) is 13.1. The van der Waals surface area contributed by atoms with E-state index >= 15 is 0 Å². The van der Waals surface area contributed by atoms with Crippen LogP contribution in [0.15, 0.2) is 42.5 Å². The van der Waals surface area contributed by atoms with E-state index in [1.54, 1.807) is 19.2 Å². The molecule has 0 saturated carbocycles. The van der Waals surface area contributed by atoms with Gasteiger partial charge in [-0.05, 0) is 36.2 Å². The summed E-state index contributed by atoms with van der Waals surface area (Å²) in [6.07, 6.45) is 0. The zero-order chi connectivity index (χ0) is 13.1. The molecule has 94 valence electrons. The molecular weight excluding hydrogens is 295 g/mol. The van der Waals surface area contributed by atoms with Crippen molar-refractivity contribution < 1.29 is 9.13 Å². The number of benzene rings is 2. The fourth-order valence-corrected chi connectivity index (χ4v) is 2.79. The Morgan fingerprint density at radius 3 is 2.44 bits per heavy atom. The molecule has 2 rings (SSSR count). The minimum absolute atomic E-state index is 0.149. The van der Waals surface area contributed by atoms with Crippen molar-refractivity contribution in [1.82, 2.24) is 0 Å². The van der Waals surface area contributed by atoms with Crippen LogP contribution in [-0.4, -0.2) is 7.11 Å². The Morgan fingerprint density at radius 2 is 1.83 bits per heavy atom. The van der Waals surface area contributed by atoms with E-state index in [9.17, 15) is 4.39 Å². The first-order chi connectivity index (χ1) is 8.63. The van der Waals surface area contributed by atoms with Crippen LogP contribution in [0, 0.1) is 12.7 Å². The largest absolute Gasteiger partial charge is 0.497 e. The number of hydrogen-bond acceptors (Lipinski definition) is 1. The maximum Gasteiger partial charge on any atom is 0.127 e. The molecule has 3 heteroatoms. The molecule has 0 N–H and O–H groups in total. The lowest BCUT2D eigenvalue weighted by Gasteiger charge is -2.15. The van der Waals surface area contributed by atoms with E-state index < -0.39 is 0 Å². The summed E-state index contributed by atoms with van der Waals surface area (Å²) in [5.74, 6) is 0.610. The summed E-state index contributed by atoms with van der Waals surface area (Å²) in [6, 6.07) is 12.6. The Hall–Kier alpha value is -1.35. The Labute approximate surface area is 115 Å². The minimum atomic E-state index is -0.199. The van der Waals surface area contributed by atoms with Crippen molar-refractivity contribution in [3.8, 4) is 5.75 Å². The average molecular weight is 309 g/mol. The maximum absolute atomic E-state index is 13.7. The third-order valence-electron chi connectivity index (χ3n) is 2.93. The third kappa shape index (κ3) is 2.56. The number of ether oxygens (including phenoxy) is 1. The topological polar surface area (TPSA) is 9.23 Å². The predicted molar refractivity (Wildman–Crippen MR) is 74.9 cm³/mol. The molecule has 0 saturated heterocycles. The molecule has 0 bridgehead atoms. The second-order valence-electron chi connectivity index (χ2n) is 4.11. The van der Waals surface area contributed by atoms with Crippen molar-refractivity contribution in [1.29, 1.82) is 0 Å². The lowest BCUT2D eigenvalue weighted by atomic mass is 10.00. The molecule has 0 aliphatic rings. The lowest BCUT2D eigenvalue weighted by Crippen LogP contribution is -1.99. The van der Waals surface area contributed by atoms with Gasteiger partial charge in [0.1, 0.15) is 11.6 Å². The van der Waals surface area contributed by atoms with Gasteiger partial charge in [-0.15, -0.1) is 0 Å². The van der Waals surface area contributed by atoms with Crippen molar-refractivity contribution in [3.05, 3.63) is 65.0 Å². The van der Waals surface area contributed by atoms with Crippen LogP contribution < -0.4 is 4.74 Å². The quantitative estimate of drug-likeness (QED) is 0.751. The third-order valence-corrected chi connectivity index (χ3v) is 3.91. The molecule has 2 aromatic rings. The summed E-state index contributed by atoms with van der Waals surface area (Å²) < 4.78 is 18.9. The summed E-state index contributed by atoms with van der Waals surface area (Å²) in [5.41, 5.74) is 2.76. The standard InChI is InChI=1S/C15H14BrFO/c1-10-9-11(18-2)7-8-12(10)15(16)13-5-3-4-6-14(13)17/h3-9,15H,1-2H3. The molecule has 0 aliphatic heterocycles. The van der Waals surface area contributed by atoms with Gasteiger partial charge in [0.05, 0.1) is 11.9 Å². The number of hydrogen-bond donors (Lipinski definition) is 0. The van der Waals surface area contributed by atoms with Crippen LogP contribution in [0.1, 0.15) is 21.5 Å². The number of halogens is 2. The highest BCUT2D eigenvalue weighted by Crippen LogP contribution is 2.35. The first-order valence-electron chi connectivity index (χ1n) is 5.66. The molecule has 0 fully saturated rings. The Bertz CT molecular complexity index is 554. The van der Waals surface area contributed by atoms with E-state index in [4.69, 9.17) is 4.74 Å². The van der Waals surface area contributed by atoms with E-state index in [0.29, 0.717) is 5.56 Å². The normalized spacial score (nSPS) is 12.2. The molecule has 0 radical (unpaired) electrons. The monoisotopic (exact) mass is 308 g/mol. The Morgan fingerprint density at radius 1 is 1.11 bits per heavy atom. The summed E-state index contributed by atoms with van der Waals surface area (Å²) in [4.78, 5) is -0.149. The SMILES string of the molecule is COc1ccc(C(Br)c2ccccc2F)c(C)c1.